The number of nitrogens with zero attached hydrogens (tertiary/aromatic N) is 1. The van der Waals surface area contributed by atoms with Crippen LogP contribution in [-0.4, -0.2) is 10.9 Å². The molecule has 2 saturated carbocycles. The first-order valence-electron chi connectivity index (χ1n) is 8.03. The molecule has 0 atom stereocenters. The Labute approximate surface area is 112 Å². The molecule has 2 heteroatoms. The Morgan fingerprint density at radius 1 is 1.00 bits per heavy atom. The second-order valence-corrected chi connectivity index (χ2v) is 6.43. The van der Waals surface area contributed by atoms with Crippen LogP contribution in [0.15, 0.2) is 5.16 Å². The standard InChI is InChI=1S/C16H29NO/c1-2-3-4-13-5-7-14(8-6-13)15-9-11-16(17-18)12-10-15/h13-15,18H,2-12H2,1H3. The van der Waals surface area contributed by atoms with Crippen molar-refractivity contribution < 1.29 is 5.21 Å². The zero-order chi connectivity index (χ0) is 12.8. The van der Waals surface area contributed by atoms with Crippen LogP contribution in [0.1, 0.15) is 77.6 Å². The van der Waals surface area contributed by atoms with Gasteiger partial charge >= 0.3 is 0 Å². The predicted molar refractivity (Wildman–Crippen MR) is 76.2 cm³/mol. The zero-order valence-electron chi connectivity index (χ0n) is 11.9. The first kappa shape index (κ1) is 13.9. The Kier molecular flexibility index (Phi) is 5.52. The third-order valence-corrected chi connectivity index (χ3v) is 5.27. The van der Waals surface area contributed by atoms with E-state index in [2.05, 4.69) is 12.1 Å². The van der Waals surface area contributed by atoms with Crippen molar-refractivity contribution in [1.82, 2.24) is 0 Å². The van der Waals surface area contributed by atoms with Crippen LogP contribution in [0.2, 0.25) is 0 Å². The average molecular weight is 251 g/mol. The highest BCUT2D eigenvalue weighted by Gasteiger charge is 2.29. The molecule has 2 rings (SSSR count). The maximum Gasteiger partial charge on any atom is 0.0571 e. The van der Waals surface area contributed by atoms with E-state index in [0.29, 0.717) is 0 Å². The molecule has 0 aliphatic heterocycles. The molecular weight excluding hydrogens is 222 g/mol. The lowest BCUT2D eigenvalue weighted by molar-refractivity contribution is 0.178. The van der Waals surface area contributed by atoms with Crippen molar-refractivity contribution in [2.75, 3.05) is 0 Å². The van der Waals surface area contributed by atoms with Crippen LogP contribution < -0.4 is 0 Å². The fourth-order valence-electron chi connectivity index (χ4n) is 3.99. The Morgan fingerprint density at radius 3 is 2.17 bits per heavy atom. The molecule has 2 aliphatic rings. The van der Waals surface area contributed by atoms with Gasteiger partial charge in [-0.05, 0) is 56.3 Å². The van der Waals surface area contributed by atoms with Crippen LogP contribution in [-0.2, 0) is 0 Å². The summed E-state index contributed by atoms with van der Waals surface area (Å²) in [7, 11) is 0. The molecule has 0 saturated heterocycles. The first-order valence-corrected chi connectivity index (χ1v) is 8.03. The third kappa shape index (κ3) is 3.73. The molecule has 2 fully saturated rings. The monoisotopic (exact) mass is 251 g/mol. The number of rotatable bonds is 4. The van der Waals surface area contributed by atoms with Crippen molar-refractivity contribution >= 4 is 5.71 Å². The highest BCUT2D eigenvalue weighted by atomic mass is 16.4. The van der Waals surface area contributed by atoms with E-state index in [9.17, 15) is 0 Å². The van der Waals surface area contributed by atoms with E-state index in [1.165, 1.54) is 57.8 Å². The summed E-state index contributed by atoms with van der Waals surface area (Å²) in [6.45, 7) is 2.30. The van der Waals surface area contributed by atoms with Crippen LogP contribution in [0.25, 0.3) is 0 Å². The largest absolute Gasteiger partial charge is 0.411 e. The van der Waals surface area contributed by atoms with Crippen LogP contribution in [0.3, 0.4) is 0 Å². The van der Waals surface area contributed by atoms with Crippen molar-refractivity contribution in [1.29, 1.82) is 0 Å². The molecule has 0 unspecified atom stereocenters. The summed E-state index contributed by atoms with van der Waals surface area (Å²) < 4.78 is 0. The Balaban J connectivity index is 1.70. The highest BCUT2D eigenvalue weighted by molar-refractivity contribution is 5.84. The summed E-state index contributed by atoms with van der Waals surface area (Å²) in [4.78, 5) is 0. The second kappa shape index (κ2) is 7.16. The Bertz CT molecular complexity index is 256. The van der Waals surface area contributed by atoms with Gasteiger partial charge in [-0.3, -0.25) is 0 Å². The van der Waals surface area contributed by atoms with E-state index < -0.39 is 0 Å². The smallest absolute Gasteiger partial charge is 0.0571 e. The minimum absolute atomic E-state index is 0.919. The van der Waals surface area contributed by atoms with Crippen LogP contribution in [0.4, 0.5) is 0 Å². The summed E-state index contributed by atoms with van der Waals surface area (Å²) in [5.74, 6) is 2.92. The van der Waals surface area contributed by atoms with Gasteiger partial charge < -0.3 is 5.21 Å². The van der Waals surface area contributed by atoms with Gasteiger partial charge in [0.25, 0.3) is 0 Å². The van der Waals surface area contributed by atoms with Crippen LogP contribution >= 0.6 is 0 Å². The van der Waals surface area contributed by atoms with E-state index in [1.807, 2.05) is 0 Å². The normalized spacial score (nSPS) is 33.4. The third-order valence-electron chi connectivity index (χ3n) is 5.27. The minimum Gasteiger partial charge on any atom is -0.411 e. The number of unbranched alkanes of at least 4 members (excludes halogenated alkanes) is 1. The van der Waals surface area contributed by atoms with E-state index >= 15 is 0 Å². The Hall–Kier alpha value is -0.530. The zero-order valence-corrected chi connectivity index (χ0v) is 11.9. The van der Waals surface area contributed by atoms with Gasteiger partial charge in [-0.2, -0.15) is 0 Å². The predicted octanol–water partition coefficient (Wildman–Crippen LogP) is 5.00. The molecule has 18 heavy (non-hydrogen) atoms. The number of oxime groups is 1. The number of hydrogen-bond acceptors (Lipinski definition) is 2. The van der Waals surface area contributed by atoms with E-state index in [-0.39, 0.29) is 0 Å². The van der Waals surface area contributed by atoms with Gasteiger partial charge in [0, 0.05) is 0 Å². The molecular formula is C16H29NO. The fraction of sp³-hybridized carbons (Fsp3) is 0.938. The molecule has 1 N–H and O–H groups in total. The lowest BCUT2D eigenvalue weighted by Gasteiger charge is -2.36. The van der Waals surface area contributed by atoms with Gasteiger partial charge in [-0.25, -0.2) is 0 Å². The summed E-state index contributed by atoms with van der Waals surface area (Å²) >= 11 is 0. The van der Waals surface area contributed by atoms with E-state index in [4.69, 9.17) is 5.21 Å². The molecule has 0 radical (unpaired) electrons. The molecule has 0 bridgehead atoms. The molecule has 0 amide bonds. The number of hydrogen-bond donors (Lipinski definition) is 1. The van der Waals surface area contributed by atoms with E-state index in [0.717, 1.165) is 36.3 Å². The van der Waals surface area contributed by atoms with Crippen molar-refractivity contribution in [3.63, 3.8) is 0 Å². The van der Waals surface area contributed by atoms with Crippen LogP contribution in [0, 0.1) is 17.8 Å². The lowest BCUT2D eigenvalue weighted by atomic mass is 9.70. The topological polar surface area (TPSA) is 32.6 Å². The molecule has 2 nitrogen and oxygen atoms in total. The van der Waals surface area contributed by atoms with Crippen molar-refractivity contribution in [2.24, 2.45) is 22.9 Å². The van der Waals surface area contributed by atoms with Crippen LogP contribution in [0.5, 0.6) is 0 Å². The SMILES string of the molecule is CCCCC1CCC(C2CCC(=NO)CC2)CC1. The van der Waals surface area contributed by atoms with Gasteiger partial charge in [-0.1, -0.05) is 44.2 Å². The summed E-state index contributed by atoms with van der Waals surface area (Å²) in [6, 6.07) is 0. The quantitative estimate of drug-likeness (QED) is 0.553. The molecule has 0 aromatic rings. The van der Waals surface area contributed by atoms with Gasteiger partial charge in [-0.15, -0.1) is 0 Å². The molecule has 0 aromatic carbocycles. The summed E-state index contributed by atoms with van der Waals surface area (Å²) in [5, 5.41) is 12.2. The van der Waals surface area contributed by atoms with Gasteiger partial charge in [0.05, 0.1) is 5.71 Å². The maximum atomic E-state index is 8.79. The molecule has 0 spiro atoms. The summed E-state index contributed by atoms with van der Waals surface area (Å²) in [6.07, 6.45) is 14.7. The molecule has 104 valence electrons. The lowest BCUT2D eigenvalue weighted by Crippen LogP contribution is -2.25. The van der Waals surface area contributed by atoms with Crippen molar-refractivity contribution in [2.45, 2.75) is 77.6 Å². The van der Waals surface area contributed by atoms with E-state index in [1.54, 1.807) is 0 Å². The fourth-order valence-corrected chi connectivity index (χ4v) is 3.99. The molecule has 0 aromatic heterocycles. The second-order valence-electron chi connectivity index (χ2n) is 6.43. The van der Waals surface area contributed by atoms with Gasteiger partial charge in [0.1, 0.15) is 0 Å². The minimum atomic E-state index is 0.919. The summed E-state index contributed by atoms with van der Waals surface area (Å²) in [5.41, 5.74) is 1.03. The molecule has 2 aliphatic carbocycles. The van der Waals surface area contributed by atoms with Gasteiger partial charge in [0.2, 0.25) is 0 Å². The first-order chi connectivity index (χ1) is 8.83. The van der Waals surface area contributed by atoms with Gasteiger partial charge in [0.15, 0.2) is 0 Å². The van der Waals surface area contributed by atoms with Crippen molar-refractivity contribution in [3.8, 4) is 0 Å². The highest BCUT2D eigenvalue weighted by Crippen LogP contribution is 2.40. The average Bonchev–Trinajstić information content (AvgIpc) is 2.46. The maximum absolute atomic E-state index is 8.79. The Morgan fingerprint density at radius 2 is 1.61 bits per heavy atom. The van der Waals surface area contributed by atoms with Crippen molar-refractivity contribution in [3.05, 3.63) is 0 Å². The molecule has 0 heterocycles.